The number of hydrogen-bond donors (Lipinski definition) is 0. The second-order valence-electron chi connectivity index (χ2n) is 3.60. The summed E-state index contributed by atoms with van der Waals surface area (Å²) in [6.07, 6.45) is 0. The molecule has 2 aromatic heterocycles. The van der Waals surface area contributed by atoms with Gasteiger partial charge in [-0.2, -0.15) is 11.3 Å². The molecule has 0 N–H and O–H groups in total. The monoisotopic (exact) mass is 298 g/mol. The lowest BCUT2D eigenvalue weighted by molar-refractivity contribution is 0.636. The summed E-state index contributed by atoms with van der Waals surface area (Å²) < 4.78 is 13.8. The Balaban J connectivity index is 2.37. The number of thiophene rings is 1. The van der Waals surface area contributed by atoms with Crippen molar-refractivity contribution in [1.82, 2.24) is 9.97 Å². The van der Waals surface area contributed by atoms with Crippen LogP contribution < -0.4 is 0 Å². The van der Waals surface area contributed by atoms with Crippen molar-refractivity contribution in [2.24, 2.45) is 0 Å². The van der Waals surface area contributed by atoms with E-state index < -0.39 is 5.82 Å². The number of hydrogen-bond acceptors (Lipinski definition) is 3. The first-order chi connectivity index (χ1) is 8.66. The fraction of sp³-hybridized carbons (Fsp3) is 0. The maximum Gasteiger partial charge on any atom is 0.162 e. The van der Waals surface area contributed by atoms with Crippen LogP contribution in [0.3, 0.4) is 0 Å². The molecule has 0 aliphatic carbocycles. The predicted octanol–water partition coefficient (Wildman–Crippen LogP) is 4.80. The molecular formula is C12H5Cl2FN2S. The molecule has 90 valence electrons. The lowest BCUT2D eigenvalue weighted by atomic mass is 10.2. The standard InChI is InChI=1S/C12H5Cl2FN2S/c13-7-1-2-8(15)10-9(7)11(14)17-12(16-10)6-3-4-18-5-6/h1-5H. The number of nitrogens with zero attached hydrogens (tertiary/aromatic N) is 2. The number of rotatable bonds is 1. The molecule has 3 aromatic rings. The van der Waals surface area contributed by atoms with Gasteiger partial charge in [-0.15, -0.1) is 0 Å². The van der Waals surface area contributed by atoms with Gasteiger partial charge in [0.05, 0.1) is 10.4 Å². The van der Waals surface area contributed by atoms with E-state index in [-0.39, 0.29) is 10.7 Å². The Hall–Kier alpha value is -1.23. The summed E-state index contributed by atoms with van der Waals surface area (Å²) in [5.74, 6) is -0.0647. The summed E-state index contributed by atoms with van der Waals surface area (Å²) in [7, 11) is 0. The van der Waals surface area contributed by atoms with Crippen LogP contribution in [0.1, 0.15) is 0 Å². The Morgan fingerprint density at radius 2 is 1.94 bits per heavy atom. The normalized spacial score (nSPS) is 11.1. The van der Waals surface area contributed by atoms with Crippen molar-refractivity contribution in [2.75, 3.05) is 0 Å². The van der Waals surface area contributed by atoms with Crippen molar-refractivity contribution < 1.29 is 4.39 Å². The molecule has 0 saturated heterocycles. The van der Waals surface area contributed by atoms with Crippen LogP contribution >= 0.6 is 34.5 Å². The average molecular weight is 299 g/mol. The van der Waals surface area contributed by atoms with Crippen molar-refractivity contribution in [2.45, 2.75) is 0 Å². The second kappa shape index (κ2) is 4.46. The van der Waals surface area contributed by atoms with Gasteiger partial charge in [0.25, 0.3) is 0 Å². The van der Waals surface area contributed by atoms with Gasteiger partial charge in [0.2, 0.25) is 0 Å². The Kier molecular flexibility index (Phi) is 2.93. The number of fused-ring (bicyclic) bond motifs is 1. The molecule has 0 aliphatic heterocycles. The molecule has 0 radical (unpaired) electrons. The van der Waals surface area contributed by atoms with Crippen LogP contribution in [0.5, 0.6) is 0 Å². The SMILES string of the molecule is Fc1ccc(Cl)c2c(Cl)nc(-c3ccsc3)nc12. The maximum absolute atomic E-state index is 13.8. The molecule has 0 bridgehead atoms. The molecule has 0 aliphatic rings. The lowest BCUT2D eigenvalue weighted by Crippen LogP contribution is -1.93. The van der Waals surface area contributed by atoms with Crippen molar-refractivity contribution in [3.8, 4) is 11.4 Å². The van der Waals surface area contributed by atoms with E-state index in [1.54, 1.807) is 0 Å². The third-order valence-electron chi connectivity index (χ3n) is 2.49. The van der Waals surface area contributed by atoms with Crippen LogP contribution in [0.25, 0.3) is 22.3 Å². The van der Waals surface area contributed by atoms with Crippen molar-refractivity contribution in [3.05, 3.63) is 45.0 Å². The highest BCUT2D eigenvalue weighted by Crippen LogP contribution is 2.32. The van der Waals surface area contributed by atoms with Crippen molar-refractivity contribution >= 4 is 45.4 Å². The third kappa shape index (κ3) is 1.86. The molecule has 2 nitrogen and oxygen atoms in total. The lowest BCUT2D eigenvalue weighted by Gasteiger charge is -2.05. The summed E-state index contributed by atoms with van der Waals surface area (Å²) >= 11 is 13.6. The highest BCUT2D eigenvalue weighted by Gasteiger charge is 2.14. The molecule has 0 saturated carbocycles. The summed E-state index contributed by atoms with van der Waals surface area (Å²) in [6, 6.07) is 4.56. The molecule has 0 amide bonds. The maximum atomic E-state index is 13.8. The summed E-state index contributed by atoms with van der Waals surface area (Å²) in [5, 5.41) is 4.61. The minimum atomic E-state index is -0.463. The van der Waals surface area contributed by atoms with E-state index in [4.69, 9.17) is 23.2 Å². The van der Waals surface area contributed by atoms with Gasteiger partial charge in [-0.1, -0.05) is 23.2 Å². The van der Waals surface area contributed by atoms with E-state index in [9.17, 15) is 4.39 Å². The first-order valence-corrected chi connectivity index (χ1v) is 6.70. The molecule has 0 spiro atoms. The summed E-state index contributed by atoms with van der Waals surface area (Å²) in [4.78, 5) is 8.35. The van der Waals surface area contributed by atoms with Crippen LogP contribution in [0, 0.1) is 5.82 Å². The van der Waals surface area contributed by atoms with Crippen LogP contribution in [-0.2, 0) is 0 Å². The number of halogens is 3. The van der Waals surface area contributed by atoms with Gasteiger partial charge in [0, 0.05) is 10.9 Å². The Morgan fingerprint density at radius 3 is 2.67 bits per heavy atom. The van der Waals surface area contributed by atoms with Gasteiger partial charge >= 0.3 is 0 Å². The smallest absolute Gasteiger partial charge is 0.162 e. The summed E-state index contributed by atoms with van der Waals surface area (Å²) in [6.45, 7) is 0. The van der Waals surface area contributed by atoms with Gasteiger partial charge in [-0.25, -0.2) is 14.4 Å². The van der Waals surface area contributed by atoms with E-state index in [1.165, 1.54) is 23.5 Å². The van der Waals surface area contributed by atoms with Crippen LogP contribution in [-0.4, -0.2) is 9.97 Å². The highest BCUT2D eigenvalue weighted by atomic mass is 35.5. The second-order valence-corrected chi connectivity index (χ2v) is 5.15. The van der Waals surface area contributed by atoms with Crippen LogP contribution in [0.2, 0.25) is 10.2 Å². The zero-order valence-corrected chi connectivity index (χ0v) is 11.2. The Bertz CT molecular complexity index is 729. The fourth-order valence-corrected chi connectivity index (χ4v) is 2.84. The first kappa shape index (κ1) is 11.8. The van der Waals surface area contributed by atoms with Crippen LogP contribution in [0.4, 0.5) is 4.39 Å². The third-order valence-corrected chi connectivity index (χ3v) is 3.76. The molecule has 0 unspecified atom stereocenters. The minimum Gasteiger partial charge on any atom is -0.225 e. The molecule has 6 heteroatoms. The van der Waals surface area contributed by atoms with Gasteiger partial charge in [0.15, 0.2) is 5.82 Å². The van der Waals surface area contributed by atoms with E-state index >= 15 is 0 Å². The molecule has 18 heavy (non-hydrogen) atoms. The molecule has 2 heterocycles. The topological polar surface area (TPSA) is 25.8 Å². The fourth-order valence-electron chi connectivity index (χ4n) is 1.65. The minimum absolute atomic E-state index is 0.142. The van der Waals surface area contributed by atoms with Crippen molar-refractivity contribution in [1.29, 1.82) is 0 Å². The first-order valence-electron chi connectivity index (χ1n) is 5.00. The highest BCUT2D eigenvalue weighted by molar-refractivity contribution is 7.08. The van der Waals surface area contributed by atoms with E-state index in [1.807, 2.05) is 16.8 Å². The van der Waals surface area contributed by atoms with E-state index in [2.05, 4.69) is 9.97 Å². The van der Waals surface area contributed by atoms with Gasteiger partial charge in [-0.3, -0.25) is 0 Å². The summed E-state index contributed by atoms with van der Waals surface area (Å²) in [5.41, 5.74) is 0.951. The van der Waals surface area contributed by atoms with E-state index in [0.29, 0.717) is 16.2 Å². The molecular weight excluding hydrogens is 294 g/mol. The molecule has 0 atom stereocenters. The Morgan fingerprint density at radius 1 is 1.11 bits per heavy atom. The van der Waals surface area contributed by atoms with Gasteiger partial charge in [-0.05, 0) is 23.6 Å². The zero-order chi connectivity index (χ0) is 12.7. The molecule has 1 aromatic carbocycles. The Labute approximate surface area is 116 Å². The molecule has 3 rings (SSSR count). The average Bonchev–Trinajstić information content (AvgIpc) is 2.87. The number of aromatic nitrogens is 2. The van der Waals surface area contributed by atoms with Crippen molar-refractivity contribution in [3.63, 3.8) is 0 Å². The largest absolute Gasteiger partial charge is 0.225 e. The predicted molar refractivity (Wildman–Crippen MR) is 72.8 cm³/mol. The van der Waals surface area contributed by atoms with Crippen LogP contribution in [0.15, 0.2) is 29.0 Å². The zero-order valence-electron chi connectivity index (χ0n) is 8.82. The van der Waals surface area contributed by atoms with E-state index in [0.717, 1.165) is 5.56 Å². The number of benzene rings is 1. The quantitative estimate of drug-likeness (QED) is 0.603. The van der Waals surface area contributed by atoms with Gasteiger partial charge in [0.1, 0.15) is 16.5 Å². The van der Waals surface area contributed by atoms with Gasteiger partial charge < -0.3 is 0 Å². The molecule has 0 fully saturated rings.